The molecular weight excluding hydrogens is 284 g/mol. The van der Waals surface area contributed by atoms with Gasteiger partial charge in [-0.1, -0.05) is 64.5 Å². The third kappa shape index (κ3) is 6.94. The Balaban J connectivity index is 2.38. The van der Waals surface area contributed by atoms with Gasteiger partial charge in [0.05, 0.1) is 0 Å². The van der Waals surface area contributed by atoms with Crippen LogP contribution < -0.4 is 5.32 Å². The van der Waals surface area contributed by atoms with Crippen molar-refractivity contribution in [3.63, 3.8) is 0 Å². The van der Waals surface area contributed by atoms with Crippen LogP contribution in [0.1, 0.15) is 81.3 Å². The van der Waals surface area contributed by atoms with E-state index in [1.54, 1.807) is 6.07 Å². The monoisotopic (exact) mass is 310 g/mol. The molecule has 21 heavy (non-hydrogen) atoms. The Morgan fingerprint density at radius 3 is 2.52 bits per heavy atom. The second-order valence-corrected chi connectivity index (χ2v) is 6.17. The lowest BCUT2D eigenvalue weighted by molar-refractivity contribution is 0.0952. The van der Waals surface area contributed by atoms with Crippen molar-refractivity contribution in [3.8, 4) is 0 Å². The Kier molecular flexibility index (Phi) is 8.36. The highest BCUT2D eigenvalue weighted by atomic mass is 35.5. The summed E-state index contributed by atoms with van der Waals surface area (Å²) >= 11 is 5.98. The molecule has 0 atom stereocenters. The lowest BCUT2D eigenvalue weighted by Gasteiger charge is -2.09. The summed E-state index contributed by atoms with van der Waals surface area (Å²) in [5.74, 6) is 0.198. The van der Waals surface area contributed by atoms with E-state index in [1.807, 2.05) is 19.9 Å². The minimum Gasteiger partial charge on any atom is -0.352 e. The topological polar surface area (TPSA) is 42.0 Å². The normalized spacial score (nSPS) is 10.9. The molecule has 0 saturated heterocycles. The van der Waals surface area contributed by atoms with Gasteiger partial charge in [-0.3, -0.25) is 4.79 Å². The van der Waals surface area contributed by atoms with Gasteiger partial charge in [0.15, 0.2) is 0 Å². The molecule has 3 nitrogen and oxygen atoms in total. The molecule has 0 aliphatic heterocycles. The first-order chi connectivity index (χ1) is 10.0. The molecule has 1 aromatic heterocycles. The molecule has 1 N–H and O–H groups in total. The van der Waals surface area contributed by atoms with Gasteiger partial charge in [0.1, 0.15) is 5.15 Å². The number of hydrogen-bond donors (Lipinski definition) is 1. The zero-order chi connectivity index (χ0) is 15.7. The highest BCUT2D eigenvalue weighted by Crippen LogP contribution is 2.17. The summed E-state index contributed by atoms with van der Waals surface area (Å²) in [6.45, 7) is 7.01. The van der Waals surface area contributed by atoms with Crippen LogP contribution in [-0.2, 0) is 0 Å². The van der Waals surface area contributed by atoms with Crippen LogP contribution in [0.2, 0.25) is 5.15 Å². The fourth-order valence-corrected chi connectivity index (χ4v) is 2.37. The fraction of sp³-hybridized carbons (Fsp3) is 0.647. The van der Waals surface area contributed by atoms with Gasteiger partial charge in [-0.2, -0.15) is 0 Å². The maximum atomic E-state index is 12.1. The van der Waals surface area contributed by atoms with Crippen molar-refractivity contribution < 1.29 is 4.79 Å². The Morgan fingerprint density at radius 1 is 1.19 bits per heavy atom. The van der Waals surface area contributed by atoms with Gasteiger partial charge < -0.3 is 5.32 Å². The lowest BCUT2D eigenvalue weighted by Crippen LogP contribution is -2.24. The molecule has 1 heterocycles. The van der Waals surface area contributed by atoms with Crippen molar-refractivity contribution in [2.45, 2.75) is 65.2 Å². The van der Waals surface area contributed by atoms with Gasteiger partial charge >= 0.3 is 0 Å². The van der Waals surface area contributed by atoms with E-state index in [4.69, 9.17) is 11.6 Å². The second-order valence-electron chi connectivity index (χ2n) is 5.78. The number of nitrogens with one attached hydrogen (secondary N) is 1. The largest absolute Gasteiger partial charge is 0.352 e. The SMILES string of the molecule is CCCCCCCCNC(=O)c1cc(Cl)nc(C(C)C)c1. The minimum atomic E-state index is -0.0604. The van der Waals surface area contributed by atoms with Crippen LogP contribution in [0.5, 0.6) is 0 Å². The number of unbranched alkanes of at least 4 members (excludes halogenated alkanes) is 5. The van der Waals surface area contributed by atoms with Crippen LogP contribution in [0.15, 0.2) is 12.1 Å². The molecule has 0 saturated carbocycles. The van der Waals surface area contributed by atoms with E-state index in [2.05, 4.69) is 17.2 Å². The number of pyridine rings is 1. The Labute approximate surface area is 133 Å². The molecule has 1 amide bonds. The molecule has 118 valence electrons. The molecule has 0 unspecified atom stereocenters. The van der Waals surface area contributed by atoms with Crippen molar-refractivity contribution >= 4 is 17.5 Å². The maximum Gasteiger partial charge on any atom is 0.251 e. The highest BCUT2D eigenvalue weighted by Gasteiger charge is 2.10. The summed E-state index contributed by atoms with van der Waals surface area (Å²) in [5.41, 5.74) is 1.46. The molecule has 0 fully saturated rings. The first-order valence-corrected chi connectivity index (χ1v) is 8.38. The molecule has 0 aromatic carbocycles. The maximum absolute atomic E-state index is 12.1. The van der Waals surface area contributed by atoms with E-state index in [-0.39, 0.29) is 11.8 Å². The van der Waals surface area contributed by atoms with E-state index in [9.17, 15) is 4.79 Å². The van der Waals surface area contributed by atoms with E-state index in [1.165, 1.54) is 32.1 Å². The molecular formula is C17H27ClN2O. The summed E-state index contributed by atoms with van der Waals surface area (Å²) in [5, 5.41) is 3.34. The van der Waals surface area contributed by atoms with Crippen molar-refractivity contribution in [2.75, 3.05) is 6.54 Å². The van der Waals surface area contributed by atoms with Crippen molar-refractivity contribution in [2.24, 2.45) is 0 Å². The van der Waals surface area contributed by atoms with Crippen LogP contribution >= 0.6 is 11.6 Å². The molecule has 1 rings (SSSR count). The van der Waals surface area contributed by atoms with Crippen LogP contribution in [0, 0.1) is 0 Å². The van der Waals surface area contributed by atoms with Gasteiger partial charge in [0.25, 0.3) is 5.91 Å². The van der Waals surface area contributed by atoms with Crippen LogP contribution in [0.25, 0.3) is 0 Å². The predicted molar refractivity (Wildman–Crippen MR) is 89.0 cm³/mol. The van der Waals surface area contributed by atoms with Gasteiger partial charge in [-0.25, -0.2) is 4.98 Å². The average Bonchev–Trinajstić information content (AvgIpc) is 2.45. The molecule has 0 spiro atoms. The predicted octanol–water partition coefficient (Wildman–Crippen LogP) is 4.95. The summed E-state index contributed by atoms with van der Waals surface area (Å²) in [7, 11) is 0. The van der Waals surface area contributed by atoms with Gasteiger partial charge in [0.2, 0.25) is 0 Å². The number of hydrogen-bond acceptors (Lipinski definition) is 2. The number of halogens is 1. The molecule has 0 aliphatic rings. The van der Waals surface area contributed by atoms with Crippen molar-refractivity contribution in [1.29, 1.82) is 0 Å². The number of rotatable bonds is 9. The number of carbonyl (C=O) groups excluding carboxylic acids is 1. The molecule has 0 aliphatic carbocycles. The molecule has 1 aromatic rings. The standard InChI is InChI=1S/C17H27ClN2O/c1-4-5-6-7-8-9-10-19-17(21)14-11-15(13(2)3)20-16(18)12-14/h11-13H,4-10H2,1-3H3,(H,19,21). The quantitative estimate of drug-likeness (QED) is 0.518. The number of nitrogens with zero attached hydrogens (tertiary/aromatic N) is 1. The van der Waals surface area contributed by atoms with Gasteiger partial charge in [0, 0.05) is 17.8 Å². The number of aromatic nitrogens is 1. The first-order valence-electron chi connectivity index (χ1n) is 8.00. The third-order valence-corrected chi connectivity index (χ3v) is 3.68. The smallest absolute Gasteiger partial charge is 0.251 e. The zero-order valence-corrected chi connectivity index (χ0v) is 14.2. The van der Waals surface area contributed by atoms with Crippen molar-refractivity contribution in [1.82, 2.24) is 10.3 Å². The Morgan fingerprint density at radius 2 is 1.86 bits per heavy atom. The van der Waals surface area contributed by atoms with E-state index in [0.29, 0.717) is 10.7 Å². The van der Waals surface area contributed by atoms with E-state index < -0.39 is 0 Å². The first kappa shape index (κ1) is 18.0. The summed E-state index contributed by atoms with van der Waals surface area (Å²) in [4.78, 5) is 16.3. The number of carbonyl (C=O) groups is 1. The summed E-state index contributed by atoms with van der Waals surface area (Å²) in [6.07, 6.45) is 7.32. The van der Waals surface area contributed by atoms with Crippen LogP contribution in [0.4, 0.5) is 0 Å². The van der Waals surface area contributed by atoms with Crippen molar-refractivity contribution in [3.05, 3.63) is 28.5 Å². The van der Waals surface area contributed by atoms with Gasteiger partial charge in [-0.05, 0) is 24.5 Å². The third-order valence-electron chi connectivity index (χ3n) is 3.48. The Hall–Kier alpha value is -1.09. The molecule has 4 heteroatoms. The van der Waals surface area contributed by atoms with Crippen LogP contribution in [-0.4, -0.2) is 17.4 Å². The lowest BCUT2D eigenvalue weighted by atomic mass is 10.1. The Bertz CT molecular complexity index is 446. The number of amides is 1. The average molecular weight is 311 g/mol. The van der Waals surface area contributed by atoms with E-state index in [0.717, 1.165) is 18.7 Å². The van der Waals surface area contributed by atoms with E-state index >= 15 is 0 Å². The minimum absolute atomic E-state index is 0.0604. The zero-order valence-electron chi connectivity index (χ0n) is 13.4. The molecule has 0 radical (unpaired) electrons. The summed E-state index contributed by atoms with van der Waals surface area (Å²) in [6, 6.07) is 3.46. The summed E-state index contributed by atoms with van der Waals surface area (Å²) < 4.78 is 0. The molecule has 0 bridgehead atoms. The van der Waals surface area contributed by atoms with Gasteiger partial charge in [-0.15, -0.1) is 0 Å². The highest BCUT2D eigenvalue weighted by molar-refractivity contribution is 6.29. The fourth-order valence-electron chi connectivity index (χ4n) is 2.15. The second kappa shape index (κ2) is 9.78. The van der Waals surface area contributed by atoms with Crippen LogP contribution in [0.3, 0.4) is 0 Å².